The van der Waals surface area contributed by atoms with Crippen LogP contribution in [0.1, 0.15) is 25.0 Å². The van der Waals surface area contributed by atoms with E-state index in [1.165, 1.54) is 82.4 Å². The van der Waals surface area contributed by atoms with E-state index in [9.17, 15) is 0 Å². The van der Waals surface area contributed by atoms with Gasteiger partial charge in [0, 0.05) is 38.6 Å². The number of rotatable bonds is 5. The highest BCUT2D eigenvalue weighted by Gasteiger charge is 2.36. The van der Waals surface area contributed by atoms with E-state index in [1.54, 1.807) is 0 Å². The van der Waals surface area contributed by atoms with Crippen LogP contribution in [-0.2, 0) is 5.41 Å². The molecule has 2 heteroatoms. The maximum absolute atomic E-state index is 2.44. The van der Waals surface area contributed by atoms with Gasteiger partial charge in [-0.1, -0.05) is 153 Å². The highest BCUT2D eigenvalue weighted by atomic mass is 15.1. The van der Waals surface area contributed by atoms with E-state index in [1.807, 2.05) is 0 Å². The molecule has 55 heavy (non-hydrogen) atoms. The van der Waals surface area contributed by atoms with Gasteiger partial charge in [-0.25, -0.2) is 0 Å². The van der Waals surface area contributed by atoms with Crippen LogP contribution in [0.15, 0.2) is 194 Å². The second-order valence-corrected chi connectivity index (χ2v) is 15.4. The Morgan fingerprint density at radius 3 is 1.64 bits per heavy atom. The Balaban J connectivity index is 1.05. The van der Waals surface area contributed by atoms with Crippen LogP contribution in [0.4, 0.5) is 17.1 Å². The third kappa shape index (κ3) is 4.81. The first kappa shape index (κ1) is 31.6. The van der Waals surface area contributed by atoms with Crippen molar-refractivity contribution in [3.8, 4) is 27.9 Å². The van der Waals surface area contributed by atoms with E-state index in [-0.39, 0.29) is 5.41 Å². The summed E-state index contributed by atoms with van der Waals surface area (Å²) in [5.41, 5.74) is 14.7. The molecule has 0 spiro atoms. The molecule has 11 rings (SSSR count). The van der Waals surface area contributed by atoms with E-state index in [0.717, 1.165) is 17.1 Å². The third-order valence-electron chi connectivity index (χ3n) is 12.0. The first-order chi connectivity index (χ1) is 27.0. The molecular weight excluding hydrogens is 665 g/mol. The molecule has 0 aliphatic heterocycles. The second kappa shape index (κ2) is 12.1. The lowest BCUT2D eigenvalue weighted by molar-refractivity contribution is 0.660. The smallest absolute Gasteiger partial charge is 0.0541 e. The molecule has 1 aromatic heterocycles. The number of anilines is 3. The van der Waals surface area contributed by atoms with Gasteiger partial charge in [0.25, 0.3) is 0 Å². The van der Waals surface area contributed by atoms with Gasteiger partial charge in [-0.05, 0) is 104 Å². The summed E-state index contributed by atoms with van der Waals surface area (Å²) < 4.78 is 2.43. The van der Waals surface area contributed by atoms with Gasteiger partial charge in [-0.2, -0.15) is 0 Å². The first-order valence-corrected chi connectivity index (χ1v) is 19.2. The fourth-order valence-electron chi connectivity index (χ4n) is 9.29. The van der Waals surface area contributed by atoms with E-state index in [0.29, 0.717) is 0 Å². The number of benzene rings is 9. The summed E-state index contributed by atoms with van der Waals surface area (Å²) in [4.78, 5) is 2.44. The SMILES string of the molecule is CC1(C)c2cc(N(c3ccc(-c4cccc5ccccc45)cc3)c3cccc4ccccc34)ccc2-c2ccc(-n3c4ccccc4c4ccccc43)cc21. The lowest BCUT2D eigenvalue weighted by Gasteiger charge is -2.29. The fourth-order valence-corrected chi connectivity index (χ4v) is 9.29. The van der Waals surface area contributed by atoms with Gasteiger partial charge >= 0.3 is 0 Å². The maximum atomic E-state index is 2.44. The van der Waals surface area contributed by atoms with Gasteiger partial charge in [0.15, 0.2) is 0 Å². The molecule has 0 saturated heterocycles. The van der Waals surface area contributed by atoms with Gasteiger partial charge < -0.3 is 9.47 Å². The van der Waals surface area contributed by atoms with Crippen LogP contribution < -0.4 is 4.90 Å². The molecule has 0 unspecified atom stereocenters. The van der Waals surface area contributed by atoms with Crippen LogP contribution in [0.3, 0.4) is 0 Å². The van der Waals surface area contributed by atoms with Gasteiger partial charge in [-0.3, -0.25) is 0 Å². The van der Waals surface area contributed by atoms with Crippen LogP contribution in [-0.4, -0.2) is 4.57 Å². The zero-order valence-corrected chi connectivity index (χ0v) is 30.9. The number of hydrogen-bond acceptors (Lipinski definition) is 1. The minimum atomic E-state index is -0.210. The number of fused-ring (bicyclic) bond motifs is 8. The van der Waals surface area contributed by atoms with E-state index in [4.69, 9.17) is 0 Å². The molecule has 1 aliphatic rings. The second-order valence-electron chi connectivity index (χ2n) is 15.4. The van der Waals surface area contributed by atoms with Crippen molar-refractivity contribution in [3.05, 3.63) is 205 Å². The van der Waals surface area contributed by atoms with E-state index < -0.39 is 0 Å². The van der Waals surface area contributed by atoms with Crippen molar-refractivity contribution in [3.63, 3.8) is 0 Å². The number of nitrogens with zero attached hydrogens (tertiary/aromatic N) is 2. The van der Waals surface area contributed by atoms with Crippen molar-refractivity contribution in [2.45, 2.75) is 19.3 Å². The van der Waals surface area contributed by atoms with Crippen molar-refractivity contribution in [1.82, 2.24) is 4.57 Å². The minimum Gasteiger partial charge on any atom is -0.310 e. The quantitative estimate of drug-likeness (QED) is 0.173. The summed E-state index contributed by atoms with van der Waals surface area (Å²) in [5, 5.41) is 7.54. The Morgan fingerprint density at radius 1 is 0.400 bits per heavy atom. The number of hydrogen-bond donors (Lipinski definition) is 0. The Hall–Kier alpha value is -6.90. The zero-order chi connectivity index (χ0) is 36.7. The zero-order valence-electron chi connectivity index (χ0n) is 30.9. The summed E-state index contributed by atoms with van der Waals surface area (Å²) in [6, 6.07) is 71.4. The Morgan fingerprint density at radius 2 is 0.927 bits per heavy atom. The Kier molecular flexibility index (Phi) is 6.93. The van der Waals surface area contributed by atoms with Crippen molar-refractivity contribution in [2.24, 2.45) is 0 Å². The molecule has 9 aromatic carbocycles. The monoisotopic (exact) mass is 702 g/mol. The van der Waals surface area contributed by atoms with Crippen LogP contribution in [0.5, 0.6) is 0 Å². The van der Waals surface area contributed by atoms with E-state index in [2.05, 4.69) is 217 Å². The van der Waals surface area contributed by atoms with E-state index >= 15 is 0 Å². The summed E-state index contributed by atoms with van der Waals surface area (Å²) in [6.07, 6.45) is 0. The van der Waals surface area contributed by atoms with Crippen molar-refractivity contribution in [2.75, 3.05) is 4.90 Å². The predicted molar refractivity (Wildman–Crippen MR) is 233 cm³/mol. The molecule has 0 fully saturated rings. The molecule has 1 aliphatic carbocycles. The normalized spacial score (nSPS) is 13.1. The van der Waals surface area contributed by atoms with Crippen molar-refractivity contribution >= 4 is 60.4 Å². The van der Waals surface area contributed by atoms with Gasteiger partial charge in [-0.15, -0.1) is 0 Å². The molecule has 260 valence electrons. The van der Waals surface area contributed by atoms with Gasteiger partial charge in [0.1, 0.15) is 0 Å². The summed E-state index contributed by atoms with van der Waals surface area (Å²) >= 11 is 0. The van der Waals surface area contributed by atoms with Crippen molar-refractivity contribution < 1.29 is 0 Å². The molecule has 0 N–H and O–H groups in total. The summed E-state index contributed by atoms with van der Waals surface area (Å²) in [5.74, 6) is 0. The lowest BCUT2D eigenvalue weighted by atomic mass is 9.82. The number of para-hydroxylation sites is 2. The molecule has 2 nitrogen and oxygen atoms in total. The fraction of sp³-hybridized carbons (Fsp3) is 0.0566. The Labute approximate surface area is 321 Å². The lowest BCUT2D eigenvalue weighted by Crippen LogP contribution is -2.17. The highest BCUT2D eigenvalue weighted by Crippen LogP contribution is 2.52. The van der Waals surface area contributed by atoms with Crippen molar-refractivity contribution in [1.29, 1.82) is 0 Å². The molecule has 10 aromatic rings. The largest absolute Gasteiger partial charge is 0.310 e. The van der Waals surface area contributed by atoms with Crippen LogP contribution in [0.2, 0.25) is 0 Å². The van der Waals surface area contributed by atoms with Crippen LogP contribution in [0, 0.1) is 0 Å². The summed E-state index contributed by atoms with van der Waals surface area (Å²) in [6.45, 7) is 4.77. The molecule has 0 radical (unpaired) electrons. The summed E-state index contributed by atoms with van der Waals surface area (Å²) in [7, 11) is 0. The topological polar surface area (TPSA) is 8.17 Å². The molecule has 0 saturated carbocycles. The van der Waals surface area contributed by atoms with Gasteiger partial charge in [0.05, 0.1) is 16.7 Å². The molecule has 0 bridgehead atoms. The average Bonchev–Trinajstić information content (AvgIpc) is 3.69. The van der Waals surface area contributed by atoms with Crippen LogP contribution in [0.25, 0.3) is 71.3 Å². The number of aromatic nitrogens is 1. The van der Waals surface area contributed by atoms with Gasteiger partial charge in [0.2, 0.25) is 0 Å². The minimum absolute atomic E-state index is 0.210. The molecule has 1 heterocycles. The third-order valence-corrected chi connectivity index (χ3v) is 12.0. The standard InChI is InChI=1S/C53H38N2/c1-53(2)48-33-39(29-31-44(48)45-32-30-40(34-49(45)53)55-51-22-9-7-19-46(51)47-20-8-10-23-52(47)55)54(50-24-12-16-36-14-4-6-18-43(36)50)38-27-25-37(26-28-38)42-21-11-15-35-13-3-5-17-41(35)42/h3-34H,1-2H3. The average molecular weight is 703 g/mol. The predicted octanol–water partition coefficient (Wildman–Crippen LogP) is 14.5. The Bertz CT molecular complexity index is 3060. The first-order valence-electron chi connectivity index (χ1n) is 19.2. The maximum Gasteiger partial charge on any atom is 0.0541 e. The van der Waals surface area contributed by atoms with Crippen LogP contribution >= 0.6 is 0 Å². The molecule has 0 amide bonds. The highest BCUT2D eigenvalue weighted by molar-refractivity contribution is 6.09. The molecule has 0 atom stereocenters. The molecular formula is C53H38N2.